The van der Waals surface area contributed by atoms with Gasteiger partial charge in [0.15, 0.2) is 0 Å². The summed E-state index contributed by atoms with van der Waals surface area (Å²) < 4.78 is 10.5. The van der Waals surface area contributed by atoms with Gasteiger partial charge in [-0.1, -0.05) is 51.5 Å². The number of methoxy groups -OCH3 is 2. The SMILES string of the molecule is CC.COCC(C)(C)/C=C/c1cc(C)ccc1OC. The second kappa shape index (κ2) is 8.76. The number of hydrogen-bond acceptors (Lipinski definition) is 2. The Hall–Kier alpha value is -1.28. The highest BCUT2D eigenvalue weighted by Gasteiger charge is 2.13. The van der Waals surface area contributed by atoms with E-state index in [2.05, 4.69) is 45.1 Å². The minimum atomic E-state index is 0.0313. The van der Waals surface area contributed by atoms with E-state index in [4.69, 9.17) is 9.47 Å². The van der Waals surface area contributed by atoms with Crippen molar-refractivity contribution in [3.63, 3.8) is 0 Å². The zero-order valence-corrected chi connectivity index (χ0v) is 13.4. The van der Waals surface area contributed by atoms with Crippen molar-refractivity contribution in [3.05, 3.63) is 35.4 Å². The van der Waals surface area contributed by atoms with E-state index in [1.807, 2.05) is 19.9 Å². The fourth-order valence-corrected chi connectivity index (χ4v) is 1.72. The number of ether oxygens (including phenoxy) is 2. The molecule has 19 heavy (non-hydrogen) atoms. The van der Waals surface area contributed by atoms with Gasteiger partial charge in [0.05, 0.1) is 13.7 Å². The summed E-state index contributed by atoms with van der Waals surface area (Å²) in [5.41, 5.74) is 2.37. The van der Waals surface area contributed by atoms with Crippen LogP contribution in [-0.2, 0) is 4.74 Å². The summed E-state index contributed by atoms with van der Waals surface area (Å²) in [4.78, 5) is 0. The van der Waals surface area contributed by atoms with Crippen LogP contribution in [0.2, 0.25) is 0 Å². The van der Waals surface area contributed by atoms with Gasteiger partial charge in [-0.3, -0.25) is 0 Å². The lowest BCUT2D eigenvalue weighted by Gasteiger charge is -2.18. The van der Waals surface area contributed by atoms with Gasteiger partial charge in [0.1, 0.15) is 5.75 Å². The molecule has 1 rings (SSSR count). The average Bonchev–Trinajstić information content (AvgIpc) is 2.39. The predicted molar refractivity (Wildman–Crippen MR) is 83.8 cm³/mol. The van der Waals surface area contributed by atoms with Crippen molar-refractivity contribution in [2.24, 2.45) is 5.41 Å². The Morgan fingerprint density at radius 1 is 1.16 bits per heavy atom. The lowest BCUT2D eigenvalue weighted by atomic mass is 9.93. The van der Waals surface area contributed by atoms with Gasteiger partial charge in [0.2, 0.25) is 0 Å². The van der Waals surface area contributed by atoms with E-state index in [-0.39, 0.29) is 5.41 Å². The van der Waals surface area contributed by atoms with Crippen LogP contribution in [0.5, 0.6) is 5.75 Å². The van der Waals surface area contributed by atoms with Gasteiger partial charge >= 0.3 is 0 Å². The molecule has 1 aromatic rings. The number of hydrogen-bond donors (Lipinski definition) is 0. The van der Waals surface area contributed by atoms with Crippen molar-refractivity contribution in [2.45, 2.75) is 34.6 Å². The molecule has 0 fully saturated rings. The predicted octanol–water partition coefficient (Wildman–Crippen LogP) is 4.72. The van der Waals surface area contributed by atoms with E-state index in [0.717, 1.165) is 11.3 Å². The summed E-state index contributed by atoms with van der Waals surface area (Å²) in [6.45, 7) is 11.1. The van der Waals surface area contributed by atoms with Crippen LogP contribution in [0.1, 0.15) is 38.8 Å². The Morgan fingerprint density at radius 2 is 1.79 bits per heavy atom. The van der Waals surface area contributed by atoms with E-state index < -0.39 is 0 Å². The highest BCUT2D eigenvalue weighted by atomic mass is 16.5. The summed E-state index contributed by atoms with van der Waals surface area (Å²) in [6.07, 6.45) is 4.26. The Kier molecular flexibility index (Phi) is 8.17. The first-order chi connectivity index (χ1) is 8.98. The molecule has 0 heterocycles. The summed E-state index contributed by atoms with van der Waals surface area (Å²) in [6, 6.07) is 6.17. The zero-order chi connectivity index (χ0) is 14.9. The number of rotatable bonds is 5. The third-order valence-electron chi connectivity index (χ3n) is 2.62. The Bertz CT molecular complexity index is 392. The van der Waals surface area contributed by atoms with Crippen molar-refractivity contribution >= 4 is 6.08 Å². The first-order valence-corrected chi connectivity index (χ1v) is 6.81. The van der Waals surface area contributed by atoms with Crippen molar-refractivity contribution in [3.8, 4) is 5.75 Å². The van der Waals surface area contributed by atoms with E-state index in [0.29, 0.717) is 6.61 Å². The summed E-state index contributed by atoms with van der Waals surface area (Å²) >= 11 is 0. The summed E-state index contributed by atoms with van der Waals surface area (Å²) in [7, 11) is 3.42. The van der Waals surface area contributed by atoms with E-state index in [1.165, 1.54) is 5.56 Å². The molecule has 0 bridgehead atoms. The first-order valence-electron chi connectivity index (χ1n) is 6.81. The lowest BCUT2D eigenvalue weighted by Crippen LogP contribution is -2.14. The molecule has 0 saturated heterocycles. The molecule has 0 saturated carbocycles. The lowest BCUT2D eigenvalue weighted by molar-refractivity contribution is 0.133. The zero-order valence-electron chi connectivity index (χ0n) is 13.4. The maximum absolute atomic E-state index is 5.34. The quantitative estimate of drug-likeness (QED) is 0.766. The second-order valence-corrected chi connectivity index (χ2v) is 5.00. The molecule has 1 aromatic carbocycles. The van der Waals surface area contributed by atoms with E-state index in [1.54, 1.807) is 14.2 Å². The standard InChI is InChI=1S/C15H22O2.C2H6/c1-12-6-7-14(17-5)13(10-12)8-9-15(2,3)11-16-4;1-2/h6-10H,11H2,1-5H3;1-2H3/b9-8+;. The van der Waals surface area contributed by atoms with Gasteiger partial charge in [-0.2, -0.15) is 0 Å². The van der Waals surface area contributed by atoms with Crippen LogP contribution in [-0.4, -0.2) is 20.8 Å². The Balaban J connectivity index is 0.00000154. The van der Waals surface area contributed by atoms with Crippen LogP contribution < -0.4 is 4.74 Å². The van der Waals surface area contributed by atoms with Gasteiger partial charge in [-0.05, 0) is 19.1 Å². The first kappa shape index (κ1) is 17.7. The molecule has 0 aromatic heterocycles. The second-order valence-electron chi connectivity index (χ2n) is 5.00. The topological polar surface area (TPSA) is 18.5 Å². The van der Waals surface area contributed by atoms with Gasteiger partial charge in [-0.25, -0.2) is 0 Å². The number of benzene rings is 1. The van der Waals surface area contributed by atoms with Crippen LogP contribution >= 0.6 is 0 Å². The van der Waals surface area contributed by atoms with Crippen LogP contribution in [0.25, 0.3) is 6.08 Å². The maximum Gasteiger partial charge on any atom is 0.126 e. The monoisotopic (exact) mass is 264 g/mol. The average molecular weight is 264 g/mol. The molecule has 0 N–H and O–H groups in total. The highest BCUT2D eigenvalue weighted by molar-refractivity contribution is 5.58. The molecule has 0 radical (unpaired) electrons. The van der Waals surface area contributed by atoms with Crippen molar-refractivity contribution in [1.82, 2.24) is 0 Å². The van der Waals surface area contributed by atoms with Crippen molar-refractivity contribution < 1.29 is 9.47 Å². The minimum absolute atomic E-state index is 0.0313. The number of aryl methyl sites for hydroxylation is 1. The molecule has 108 valence electrons. The molecule has 2 nitrogen and oxygen atoms in total. The van der Waals surface area contributed by atoms with Crippen LogP contribution in [0.4, 0.5) is 0 Å². The van der Waals surface area contributed by atoms with E-state index >= 15 is 0 Å². The smallest absolute Gasteiger partial charge is 0.126 e. The molecular formula is C17H28O2. The third-order valence-corrected chi connectivity index (χ3v) is 2.62. The van der Waals surface area contributed by atoms with Crippen LogP contribution in [0, 0.1) is 12.3 Å². The Morgan fingerprint density at radius 3 is 2.32 bits per heavy atom. The largest absolute Gasteiger partial charge is 0.496 e. The molecular weight excluding hydrogens is 236 g/mol. The van der Waals surface area contributed by atoms with Gasteiger partial charge in [0, 0.05) is 18.1 Å². The molecule has 0 spiro atoms. The summed E-state index contributed by atoms with van der Waals surface area (Å²) in [5.74, 6) is 0.903. The van der Waals surface area contributed by atoms with Crippen LogP contribution in [0.15, 0.2) is 24.3 Å². The molecule has 0 atom stereocenters. The molecule has 0 aliphatic carbocycles. The highest BCUT2D eigenvalue weighted by Crippen LogP contribution is 2.24. The van der Waals surface area contributed by atoms with Gasteiger partial charge in [0.25, 0.3) is 0 Å². The molecule has 2 heteroatoms. The normalized spacial score (nSPS) is 11.1. The summed E-state index contributed by atoms with van der Waals surface area (Å²) in [5, 5.41) is 0. The molecule has 0 unspecified atom stereocenters. The van der Waals surface area contributed by atoms with Gasteiger partial charge < -0.3 is 9.47 Å². The van der Waals surface area contributed by atoms with Crippen molar-refractivity contribution in [2.75, 3.05) is 20.8 Å². The van der Waals surface area contributed by atoms with Gasteiger partial charge in [-0.15, -0.1) is 0 Å². The fourth-order valence-electron chi connectivity index (χ4n) is 1.72. The molecule has 0 aliphatic rings. The minimum Gasteiger partial charge on any atom is -0.496 e. The molecule has 0 amide bonds. The maximum atomic E-state index is 5.34. The molecule has 0 aliphatic heterocycles. The Labute approximate surface area is 118 Å². The van der Waals surface area contributed by atoms with Crippen LogP contribution in [0.3, 0.4) is 0 Å². The third kappa shape index (κ3) is 6.44. The van der Waals surface area contributed by atoms with E-state index in [9.17, 15) is 0 Å². The van der Waals surface area contributed by atoms with Crippen molar-refractivity contribution in [1.29, 1.82) is 0 Å². The fraction of sp³-hybridized carbons (Fsp3) is 0.529.